The molecule has 3 aromatic rings. The van der Waals surface area contributed by atoms with Crippen molar-refractivity contribution >= 4 is 34.4 Å². The number of benzene rings is 2. The molecule has 2 unspecified atom stereocenters. The number of amides is 1. The third-order valence-electron chi connectivity index (χ3n) is 7.08. The Morgan fingerprint density at radius 2 is 1.73 bits per heavy atom. The van der Waals surface area contributed by atoms with E-state index < -0.39 is 29.1 Å². The molecule has 0 radical (unpaired) electrons. The van der Waals surface area contributed by atoms with Crippen molar-refractivity contribution in [2.24, 2.45) is 0 Å². The predicted molar refractivity (Wildman–Crippen MR) is 149 cm³/mol. The number of para-hydroxylation sites is 1. The van der Waals surface area contributed by atoms with E-state index in [1.165, 1.54) is 13.1 Å². The fourth-order valence-corrected chi connectivity index (χ4v) is 5.10. The Labute approximate surface area is 234 Å². The van der Waals surface area contributed by atoms with Gasteiger partial charge in [0.2, 0.25) is 5.91 Å². The number of aryl methyl sites for hydroxylation is 1. The monoisotopic (exact) mass is 574 g/mol. The maximum atomic E-state index is 13.5. The van der Waals surface area contributed by atoms with Crippen molar-refractivity contribution < 1.29 is 26.7 Å². The minimum absolute atomic E-state index is 0.0114. The molecule has 1 aliphatic rings. The number of rotatable bonds is 8. The van der Waals surface area contributed by atoms with Gasteiger partial charge in [-0.25, -0.2) is 4.98 Å². The van der Waals surface area contributed by atoms with Crippen molar-refractivity contribution in [1.29, 1.82) is 0 Å². The predicted octanol–water partition coefficient (Wildman–Crippen LogP) is 4.39. The van der Waals surface area contributed by atoms with Crippen LogP contribution in [-0.4, -0.2) is 52.9 Å². The molecule has 2 heterocycles. The third-order valence-corrected chi connectivity index (χ3v) is 7.72. The number of aromatic nitrogens is 1. The van der Waals surface area contributed by atoms with Crippen LogP contribution in [0.3, 0.4) is 0 Å². The molecule has 2 atom stereocenters. The van der Waals surface area contributed by atoms with Gasteiger partial charge in [-0.15, -0.1) is 0 Å². The molecule has 8 nitrogen and oxygen atoms in total. The van der Waals surface area contributed by atoms with Crippen LogP contribution in [0.15, 0.2) is 60.7 Å². The van der Waals surface area contributed by atoms with E-state index in [9.17, 15) is 26.7 Å². The van der Waals surface area contributed by atoms with E-state index in [1.54, 1.807) is 32.0 Å². The van der Waals surface area contributed by atoms with Crippen molar-refractivity contribution in [3.05, 3.63) is 83.0 Å². The lowest BCUT2D eigenvalue weighted by atomic mass is 9.97. The van der Waals surface area contributed by atoms with Crippen LogP contribution in [0, 0.1) is 6.92 Å². The molecule has 2 aromatic carbocycles. The number of nitrogens with one attached hydrogen (secondary N) is 1. The number of piperazine rings is 1. The first-order valence-corrected chi connectivity index (χ1v) is 13.8. The Bertz CT molecular complexity index is 1370. The normalized spacial score (nSPS) is 15.5. The van der Waals surface area contributed by atoms with Crippen LogP contribution in [0.1, 0.15) is 35.2 Å². The average Bonchev–Trinajstić information content (AvgIpc) is 2.95. The van der Waals surface area contributed by atoms with Gasteiger partial charge in [-0.05, 0) is 49.2 Å². The van der Waals surface area contributed by atoms with E-state index in [0.717, 1.165) is 16.1 Å². The molecule has 1 saturated heterocycles. The molecular formula is C28H31F3N5O3S-. The number of hydrogen-bond acceptors (Lipinski definition) is 6. The molecule has 40 heavy (non-hydrogen) atoms. The molecule has 1 aliphatic heterocycles. The summed E-state index contributed by atoms with van der Waals surface area (Å²) in [6, 6.07) is 17.2. The lowest BCUT2D eigenvalue weighted by Crippen LogP contribution is -2.47. The Hall–Kier alpha value is -3.64. The van der Waals surface area contributed by atoms with Crippen LogP contribution in [0.2, 0.25) is 0 Å². The first-order valence-electron chi connectivity index (χ1n) is 12.8. The van der Waals surface area contributed by atoms with Gasteiger partial charge < -0.3 is 24.0 Å². The second-order valence-corrected chi connectivity index (χ2v) is 10.7. The molecule has 0 aliphatic carbocycles. The van der Waals surface area contributed by atoms with E-state index in [0.29, 0.717) is 48.6 Å². The standard InChI is InChI=1S/C28H32F3N5O3S/c1-19-17-21(9-11-24(19)34(3)40(38)39)20(2)27(37)32-18-22-10-12-25(28(29,30)31)33-26(22)36-15-13-35(14-16-36)23-7-5-4-6-8-23/h4-12,17,20H,13-16,18H2,1-3H3,(H,32,37)(H,38,39)/p-1. The summed E-state index contributed by atoms with van der Waals surface area (Å²) in [7, 11) is 1.43. The number of halogens is 3. The molecule has 1 amide bonds. The summed E-state index contributed by atoms with van der Waals surface area (Å²) in [5.41, 5.74) is 2.44. The maximum absolute atomic E-state index is 13.5. The minimum Gasteiger partial charge on any atom is -0.755 e. The van der Waals surface area contributed by atoms with Crippen molar-refractivity contribution in [3.8, 4) is 0 Å². The minimum atomic E-state index is -4.59. The molecule has 0 bridgehead atoms. The van der Waals surface area contributed by atoms with Crippen LogP contribution in [0.4, 0.5) is 30.4 Å². The highest BCUT2D eigenvalue weighted by molar-refractivity contribution is 7.80. The Morgan fingerprint density at radius 1 is 1.07 bits per heavy atom. The summed E-state index contributed by atoms with van der Waals surface area (Å²) >= 11 is -2.42. The van der Waals surface area contributed by atoms with E-state index in [-0.39, 0.29) is 18.3 Å². The Balaban J connectivity index is 1.48. The van der Waals surface area contributed by atoms with Crippen LogP contribution in [0.25, 0.3) is 0 Å². The summed E-state index contributed by atoms with van der Waals surface area (Å²) in [6.07, 6.45) is -4.59. The number of pyridine rings is 1. The van der Waals surface area contributed by atoms with Gasteiger partial charge in [-0.2, -0.15) is 13.2 Å². The quantitative estimate of drug-likeness (QED) is 0.402. The Morgan fingerprint density at radius 3 is 2.33 bits per heavy atom. The van der Waals surface area contributed by atoms with Crippen molar-refractivity contribution in [2.75, 3.05) is 47.3 Å². The van der Waals surface area contributed by atoms with Gasteiger partial charge in [0, 0.05) is 62.3 Å². The van der Waals surface area contributed by atoms with Gasteiger partial charge in [0.15, 0.2) is 0 Å². The van der Waals surface area contributed by atoms with Gasteiger partial charge in [-0.3, -0.25) is 9.00 Å². The molecule has 4 rings (SSSR count). The number of nitrogens with zero attached hydrogens (tertiary/aromatic N) is 4. The summed E-state index contributed by atoms with van der Waals surface area (Å²) in [4.78, 5) is 21.0. The van der Waals surface area contributed by atoms with Crippen molar-refractivity contribution in [2.45, 2.75) is 32.5 Å². The number of anilines is 3. The first-order chi connectivity index (χ1) is 19.0. The van der Waals surface area contributed by atoms with Crippen molar-refractivity contribution in [3.63, 3.8) is 0 Å². The molecule has 0 spiro atoms. The molecule has 1 aromatic heterocycles. The second kappa shape index (κ2) is 12.3. The smallest absolute Gasteiger partial charge is 0.433 e. The van der Waals surface area contributed by atoms with Gasteiger partial charge in [0.1, 0.15) is 11.5 Å². The number of carbonyl (C=O) groups is 1. The first kappa shape index (κ1) is 29.3. The summed E-state index contributed by atoms with van der Waals surface area (Å²) in [5.74, 6) is -0.673. The van der Waals surface area contributed by atoms with Gasteiger partial charge >= 0.3 is 6.18 Å². The Kier molecular flexibility index (Phi) is 8.99. The van der Waals surface area contributed by atoms with Gasteiger partial charge in [0.05, 0.1) is 11.6 Å². The van der Waals surface area contributed by atoms with Crippen LogP contribution < -0.4 is 19.4 Å². The number of alkyl halides is 3. The topological polar surface area (TPSA) is 91.8 Å². The highest BCUT2D eigenvalue weighted by atomic mass is 32.2. The molecular weight excluding hydrogens is 543 g/mol. The highest BCUT2D eigenvalue weighted by Gasteiger charge is 2.34. The van der Waals surface area contributed by atoms with Crippen molar-refractivity contribution in [1.82, 2.24) is 10.3 Å². The van der Waals surface area contributed by atoms with E-state index in [2.05, 4.69) is 15.2 Å². The number of hydrogen-bond donors (Lipinski definition) is 1. The molecule has 214 valence electrons. The largest absolute Gasteiger partial charge is 0.755 e. The lowest BCUT2D eigenvalue weighted by molar-refractivity contribution is -0.141. The molecule has 0 saturated carbocycles. The zero-order valence-electron chi connectivity index (χ0n) is 22.4. The highest BCUT2D eigenvalue weighted by Crippen LogP contribution is 2.32. The lowest BCUT2D eigenvalue weighted by Gasteiger charge is -2.37. The zero-order chi connectivity index (χ0) is 29.0. The van der Waals surface area contributed by atoms with Crippen LogP contribution in [-0.2, 0) is 28.8 Å². The average molecular weight is 575 g/mol. The van der Waals surface area contributed by atoms with Gasteiger partial charge in [0.25, 0.3) is 0 Å². The van der Waals surface area contributed by atoms with E-state index in [1.807, 2.05) is 35.2 Å². The van der Waals surface area contributed by atoms with Crippen LogP contribution in [0.5, 0.6) is 0 Å². The molecule has 1 fully saturated rings. The number of carbonyl (C=O) groups excluding carboxylic acids is 1. The van der Waals surface area contributed by atoms with Gasteiger partial charge in [-0.1, -0.05) is 36.4 Å². The fraction of sp³-hybridized carbons (Fsp3) is 0.357. The maximum Gasteiger partial charge on any atom is 0.433 e. The zero-order valence-corrected chi connectivity index (χ0v) is 23.3. The fourth-order valence-electron chi connectivity index (χ4n) is 4.73. The van der Waals surface area contributed by atoms with Crippen LogP contribution >= 0.6 is 0 Å². The third kappa shape index (κ3) is 6.73. The summed E-state index contributed by atoms with van der Waals surface area (Å²) in [6.45, 7) is 5.68. The summed E-state index contributed by atoms with van der Waals surface area (Å²) < 4.78 is 64.2. The van der Waals surface area contributed by atoms with E-state index >= 15 is 0 Å². The van der Waals surface area contributed by atoms with E-state index in [4.69, 9.17) is 0 Å². The SMILES string of the molecule is Cc1cc(C(C)C(=O)NCc2ccc(C(F)(F)F)nc2N2CCN(c3ccccc3)CC2)ccc1N(C)S(=O)[O-]. The summed E-state index contributed by atoms with van der Waals surface area (Å²) in [5, 5.41) is 2.84. The molecule has 1 N–H and O–H groups in total. The second-order valence-electron chi connectivity index (χ2n) is 9.69. The molecule has 12 heteroatoms.